The van der Waals surface area contributed by atoms with Gasteiger partial charge in [0, 0.05) is 12.0 Å². The quantitative estimate of drug-likeness (QED) is 0.184. The number of unbranched alkanes of at least 4 members (excludes halogenated alkanes) is 13. The Balaban J connectivity index is 1.39. The van der Waals surface area contributed by atoms with E-state index in [4.69, 9.17) is 0 Å². The van der Waals surface area contributed by atoms with Gasteiger partial charge in [-0.1, -0.05) is 127 Å². The van der Waals surface area contributed by atoms with Gasteiger partial charge in [0.2, 0.25) is 11.0 Å². The third-order valence-electron chi connectivity index (χ3n) is 6.04. The summed E-state index contributed by atoms with van der Waals surface area (Å²) >= 11 is 1.87. The maximum atomic E-state index is 2.45. The Bertz CT molecular complexity index is 618. The lowest BCUT2D eigenvalue weighted by Gasteiger charge is -2.07. The first-order chi connectivity index (χ1) is 13.8. The van der Waals surface area contributed by atoms with E-state index in [0.717, 1.165) is 5.92 Å². The highest BCUT2D eigenvalue weighted by molar-refractivity contribution is 7.16. The molecule has 1 aromatic carbocycles. The van der Waals surface area contributed by atoms with Crippen molar-refractivity contribution in [3.05, 3.63) is 29.8 Å². The van der Waals surface area contributed by atoms with Crippen molar-refractivity contribution in [1.82, 2.24) is 0 Å². The lowest BCUT2D eigenvalue weighted by atomic mass is 10.0. The fraction of sp³-hybridized carbons (Fsp3) is 0.731. The summed E-state index contributed by atoms with van der Waals surface area (Å²) in [6, 6.07) is 8.78. The molecule has 0 saturated carbocycles. The van der Waals surface area contributed by atoms with Gasteiger partial charge < -0.3 is 0 Å². The van der Waals surface area contributed by atoms with E-state index in [2.05, 4.69) is 48.2 Å². The van der Waals surface area contributed by atoms with Crippen molar-refractivity contribution in [1.29, 1.82) is 0 Å². The second kappa shape index (κ2) is 15.0. The summed E-state index contributed by atoms with van der Waals surface area (Å²) in [7, 11) is 0. The first kappa shape index (κ1) is 23.4. The number of para-hydroxylation sites is 1. The van der Waals surface area contributed by atoms with Crippen LogP contribution in [-0.2, 0) is 6.54 Å². The average molecular weight is 403 g/mol. The Labute approximate surface area is 178 Å². The van der Waals surface area contributed by atoms with Crippen LogP contribution >= 0.6 is 11.3 Å². The molecule has 1 unspecified atom stereocenters. The van der Waals surface area contributed by atoms with Crippen molar-refractivity contribution < 1.29 is 4.57 Å². The molecule has 2 rings (SSSR count). The van der Waals surface area contributed by atoms with Crippen LogP contribution in [0.2, 0.25) is 0 Å². The zero-order valence-electron chi connectivity index (χ0n) is 18.6. The molecule has 2 heteroatoms. The Kier molecular flexibility index (Phi) is 12.5. The summed E-state index contributed by atoms with van der Waals surface area (Å²) in [5, 5.41) is 0. The zero-order valence-corrected chi connectivity index (χ0v) is 19.4. The van der Waals surface area contributed by atoms with Crippen molar-refractivity contribution in [2.45, 2.75) is 117 Å². The van der Waals surface area contributed by atoms with Gasteiger partial charge in [-0.05, 0) is 12.5 Å². The van der Waals surface area contributed by atoms with Gasteiger partial charge in [0.25, 0.3) is 0 Å². The largest absolute Gasteiger partial charge is 0.225 e. The summed E-state index contributed by atoms with van der Waals surface area (Å²) < 4.78 is 3.86. The molecular formula is C26H44NS+. The highest BCUT2D eigenvalue weighted by Gasteiger charge is 2.14. The lowest BCUT2D eigenvalue weighted by Crippen LogP contribution is -2.34. The lowest BCUT2D eigenvalue weighted by molar-refractivity contribution is -0.673. The van der Waals surface area contributed by atoms with Crippen molar-refractivity contribution >= 4 is 21.6 Å². The van der Waals surface area contributed by atoms with Crippen LogP contribution in [0.15, 0.2) is 29.8 Å². The van der Waals surface area contributed by atoms with Gasteiger partial charge in [0.05, 0.1) is 0 Å². The van der Waals surface area contributed by atoms with E-state index in [-0.39, 0.29) is 0 Å². The highest BCUT2D eigenvalue weighted by atomic mass is 32.1. The molecule has 0 aliphatic rings. The summed E-state index contributed by atoms with van der Waals surface area (Å²) in [5.74, 6) is 0.778. The first-order valence-corrected chi connectivity index (χ1v) is 13.0. The van der Waals surface area contributed by atoms with E-state index < -0.39 is 0 Å². The summed E-state index contributed by atoms with van der Waals surface area (Å²) in [4.78, 5) is 0. The smallest absolute Gasteiger partial charge is 0.188 e. The summed E-state index contributed by atoms with van der Waals surface area (Å²) in [6.45, 7) is 5.89. The minimum Gasteiger partial charge on any atom is -0.188 e. The van der Waals surface area contributed by atoms with E-state index in [1.807, 2.05) is 11.3 Å². The van der Waals surface area contributed by atoms with E-state index in [1.165, 1.54) is 113 Å². The fourth-order valence-electron chi connectivity index (χ4n) is 4.23. The number of benzene rings is 1. The van der Waals surface area contributed by atoms with Gasteiger partial charge in [-0.15, -0.1) is 0 Å². The number of rotatable bonds is 17. The molecule has 0 aliphatic heterocycles. The monoisotopic (exact) mass is 402 g/mol. The molecule has 0 aliphatic carbocycles. The Morgan fingerprint density at radius 2 is 1.29 bits per heavy atom. The van der Waals surface area contributed by atoms with Crippen molar-refractivity contribution in [2.24, 2.45) is 5.92 Å². The molecule has 158 valence electrons. The molecule has 0 saturated heterocycles. The van der Waals surface area contributed by atoms with E-state index >= 15 is 0 Å². The van der Waals surface area contributed by atoms with Crippen molar-refractivity contribution in [3.63, 3.8) is 0 Å². The van der Waals surface area contributed by atoms with Crippen LogP contribution in [0.3, 0.4) is 0 Å². The number of hydrogen-bond donors (Lipinski definition) is 0. The van der Waals surface area contributed by atoms with Crippen molar-refractivity contribution in [2.75, 3.05) is 0 Å². The predicted octanol–water partition coefficient (Wildman–Crippen LogP) is 8.70. The van der Waals surface area contributed by atoms with Crippen LogP contribution in [0, 0.1) is 5.92 Å². The van der Waals surface area contributed by atoms with Crippen LogP contribution < -0.4 is 4.57 Å². The second-order valence-corrected chi connectivity index (χ2v) is 9.72. The first-order valence-electron chi connectivity index (χ1n) is 12.2. The predicted molar refractivity (Wildman–Crippen MR) is 126 cm³/mol. The minimum atomic E-state index is 0.778. The number of nitrogens with zero attached hydrogens (tertiary/aromatic N) is 1. The molecule has 1 nitrogen and oxygen atoms in total. The Hall–Kier alpha value is -0.890. The highest BCUT2D eigenvalue weighted by Crippen LogP contribution is 2.18. The molecule has 0 radical (unpaired) electrons. The standard InChI is InChI=1S/C26H44NS/c1-3-4-5-6-7-8-9-10-11-12-13-14-15-16-19-24(2)22-27-23-28-26-21-18-17-20-25(26)27/h17-18,20-21,23-24H,3-16,19,22H2,1-2H3/q+1. The fourth-order valence-corrected chi connectivity index (χ4v) is 5.13. The summed E-state index contributed by atoms with van der Waals surface area (Å²) in [6.07, 6.45) is 21.6. The number of hydrogen-bond acceptors (Lipinski definition) is 1. The number of thiazole rings is 1. The van der Waals surface area contributed by atoms with Gasteiger partial charge in [0.1, 0.15) is 4.70 Å². The molecular weight excluding hydrogens is 358 g/mol. The molecule has 2 aromatic rings. The van der Waals surface area contributed by atoms with Crippen LogP contribution in [0.5, 0.6) is 0 Å². The van der Waals surface area contributed by atoms with Gasteiger partial charge in [-0.2, -0.15) is 4.57 Å². The maximum absolute atomic E-state index is 2.45. The Morgan fingerprint density at radius 1 is 0.750 bits per heavy atom. The topological polar surface area (TPSA) is 3.88 Å². The summed E-state index contributed by atoms with van der Waals surface area (Å²) in [5.41, 5.74) is 3.70. The van der Waals surface area contributed by atoms with Crippen LogP contribution in [0.1, 0.15) is 110 Å². The molecule has 1 atom stereocenters. The molecule has 0 fully saturated rings. The van der Waals surface area contributed by atoms with Crippen LogP contribution in [-0.4, -0.2) is 0 Å². The SMILES string of the molecule is CCCCCCCCCCCCCCCCC(C)C[n+]1csc2ccccc21. The van der Waals surface area contributed by atoms with Gasteiger partial charge >= 0.3 is 0 Å². The third-order valence-corrected chi connectivity index (χ3v) is 7.00. The van der Waals surface area contributed by atoms with Crippen LogP contribution in [0.4, 0.5) is 0 Å². The Morgan fingerprint density at radius 3 is 1.89 bits per heavy atom. The van der Waals surface area contributed by atoms with E-state index in [1.54, 1.807) is 0 Å². The molecule has 0 N–H and O–H groups in total. The molecule has 1 heterocycles. The van der Waals surface area contributed by atoms with Gasteiger partial charge in [-0.25, -0.2) is 0 Å². The van der Waals surface area contributed by atoms with Gasteiger partial charge in [0.15, 0.2) is 6.54 Å². The zero-order chi connectivity index (χ0) is 19.9. The maximum Gasteiger partial charge on any atom is 0.225 e. The molecule has 0 amide bonds. The number of aromatic nitrogens is 1. The second-order valence-electron chi connectivity index (χ2n) is 8.83. The van der Waals surface area contributed by atoms with Crippen molar-refractivity contribution in [3.8, 4) is 0 Å². The molecule has 1 aromatic heterocycles. The molecule has 28 heavy (non-hydrogen) atoms. The number of fused-ring (bicyclic) bond motifs is 1. The molecule has 0 spiro atoms. The average Bonchev–Trinajstić information content (AvgIpc) is 3.11. The third kappa shape index (κ3) is 9.54. The van der Waals surface area contributed by atoms with Crippen LogP contribution in [0.25, 0.3) is 10.2 Å². The normalized spacial score (nSPS) is 12.6. The van der Waals surface area contributed by atoms with Gasteiger partial charge in [-0.3, -0.25) is 0 Å². The minimum absolute atomic E-state index is 0.778. The van der Waals surface area contributed by atoms with E-state index in [9.17, 15) is 0 Å². The van der Waals surface area contributed by atoms with E-state index in [0.29, 0.717) is 0 Å². The molecule has 0 bridgehead atoms.